The van der Waals surface area contributed by atoms with Gasteiger partial charge < -0.3 is 20.1 Å². The van der Waals surface area contributed by atoms with Crippen LogP contribution in [0.5, 0.6) is 0 Å². The number of amides is 2. The lowest BCUT2D eigenvalue weighted by molar-refractivity contribution is 0.108. The van der Waals surface area contributed by atoms with E-state index in [9.17, 15) is 4.79 Å². The number of para-hydroxylation sites is 1. The summed E-state index contributed by atoms with van der Waals surface area (Å²) in [5.41, 5.74) is 3.29. The molecule has 1 fully saturated rings. The summed E-state index contributed by atoms with van der Waals surface area (Å²) in [5.74, 6) is 0. The van der Waals surface area contributed by atoms with Crippen molar-refractivity contribution in [3.8, 4) is 0 Å². The standard InChI is InChI=1S/C21H24N4O/c1-24-11-12-25(20(15-24)16-7-3-2-4-8-16)21(26)22-14-18-13-17-9-5-6-10-19(17)23-18/h2-10,13,20,23H,11-12,14-15H2,1H3,(H,22,26). The molecule has 2 N–H and O–H groups in total. The maximum atomic E-state index is 12.9. The molecule has 1 aliphatic heterocycles. The molecule has 1 saturated heterocycles. The van der Waals surface area contributed by atoms with E-state index in [2.05, 4.69) is 46.5 Å². The second-order valence-corrected chi connectivity index (χ2v) is 6.92. The van der Waals surface area contributed by atoms with Crippen LogP contribution < -0.4 is 5.32 Å². The molecule has 5 nitrogen and oxygen atoms in total. The molecule has 0 spiro atoms. The minimum Gasteiger partial charge on any atom is -0.357 e. The van der Waals surface area contributed by atoms with Gasteiger partial charge in [-0.25, -0.2) is 4.79 Å². The molecule has 2 amide bonds. The summed E-state index contributed by atoms with van der Waals surface area (Å²) < 4.78 is 0. The van der Waals surface area contributed by atoms with Crippen LogP contribution in [-0.2, 0) is 6.54 Å². The van der Waals surface area contributed by atoms with Gasteiger partial charge >= 0.3 is 6.03 Å². The molecule has 2 heterocycles. The summed E-state index contributed by atoms with van der Waals surface area (Å²) >= 11 is 0. The molecule has 1 atom stereocenters. The number of likely N-dealkylation sites (N-methyl/N-ethyl adjacent to an activating group) is 1. The Hall–Kier alpha value is -2.79. The molecule has 4 rings (SSSR count). The molecular formula is C21H24N4O. The predicted octanol–water partition coefficient (Wildman–Crippen LogP) is 3.37. The van der Waals surface area contributed by atoms with Crippen molar-refractivity contribution >= 4 is 16.9 Å². The molecule has 5 heteroatoms. The first-order valence-electron chi connectivity index (χ1n) is 9.05. The predicted molar refractivity (Wildman–Crippen MR) is 104 cm³/mol. The van der Waals surface area contributed by atoms with Gasteiger partial charge in [-0.15, -0.1) is 0 Å². The third kappa shape index (κ3) is 3.44. The van der Waals surface area contributed by atoms with E-state index >= 15 is 0 Å². The van der Waals surface area contributed by atoms with Gasteiger partial charge in [0.05, 0.1) is 12.6 Å². The first kappa shape index (κ1) is 16.7. The smallest absolute Gasteiger partial charge is 0.318 e. The number of hydrogen-bond acceptors (Lipinski definition) is 2. The average Bonchev–Trinajstić information content (AvgIpc) is 3.10. The Labute approximate surface area is 153 Å². The van der Waals surface area contributed by atoms with E-state index in [0.717, 1.165) is 30.8 Å². The minimum atomic E-state index is -0.00870. The average molecular weight is 348 g/mol. The van der Waals surface area contributed by atoms with Crippen LogP contribution in [-0.4, -0.2) is 47.5 Å². The first-order chi connectivity index (χ1) is 12.7. The molecule has 26 heavy (non-hydrogen) atoms. The van der Waals surface area contributed by atoms with Crippen molar-refractivity contribution in [3.05, 3.63) is 71.9 Å². The molecule has 1 aromatic heterocycles. The number of carbonyl (C=O) groups excluding carboxylic acids is 1. The summed E-state index contributed by atoms with van der Waals surface area (Å²) in [6.45, 7) is 2.98. The van der Waals surface area contributed by atoms with Crippen molar-refractivity contribution in [2.24, 2.45) is 0 Å². The number of hydrogen-bond donors (Lipinski definition) is 2. The molecule has 2 aromatic carbocycles. The number of nitrogens with one attached hydrogen (secondary N) is 2. The van der Waals surface area contributed by atoms with Crippen LogP contribution in [0.25, 0.3) is 10.9 Å². The van der Waals surface area contributed by atoms with Gasteiger partial charge in [-0.3, -0.25) is 0 Å². The highest BCUT2D eigenvalue weighted by Crippen LogP contribution is 2.25. The number of H-pyrrole nitrogens is 1. The lowest BCUT2D eigenvalue weighted by atomic mass is 10.0. The highest BCUT2D eigenvalue weighted by molar-refractivity contribution is 5.80. The van der Waals surface area contributed by atoms with E-state index in [1.807, 2.05) is 41.3 Å². The number of aromatic amines is 1. The Morgan fingerprint density at radius 2 is 1.88 bits per heavy atom. The van der Waals surface area contributed by atoms with Crippen molar-refractivity contribution in [2.45, 2.75) is 12.6 Å². The number of piperazine rings is 1. The molecule has 0 bridgehead atoms. The van der Waals surface area contributed by atoms with Crippen molar-refractivity contribution in [1.82, 2.24) is 20.1 Å². The molecule has 0 aliphatic carbocycles. The molecule has 1 unspecified atom stereocenters. The van der Waals surface area contributed by atoms with E-state index in [-0.39, 0.29) is 12.1 Å². The van der Waals surface area contributed by atoms with Crippen LogP contribution in [0.3, 0.4) is 0 Å². The van der Waals surface area contributed by atoms with E-state index in [1.165, 1.54) is 10.9 Å². The lowest BCUT2D eigenvalue weighted by Gasteiger charge is -2.40. The van der Waals surface area contributed by atoms with Gasteiger partial charge in [0.25, 0.3) is 0 Å². The Morgan fingerprint density at radius 1 is 1.12 bits per heavy atom. The third-order valence-electron chi connectivity index (χ3n) is 5.04. The van der Waals surface area contributed by atoms with Gasteiger partial charge in [0.2, 0.25) is 0 Å². The summed E-state index contributed by atoms with van der Waals surface area (Å²) in [5, 5.41) is 4.25. The maximum Gasteiger partial charge on any atom is 0.318 e. The number of rotatable bonds is 3. The fraction of sp³-hybridized carbons (Fsp3) is 0.286. The number of aromatic nitrogens is 1. The SMILES string of the molecule is CN1CCN(C(=O)NCc2cc3ccccc3[nH]2)C(c2ccccc2)C1. The Kier molecular flexibility index (Phi) is 4.63. The normalized spacial score (nSPS) is 18.2. The molecule has 3 aromatic rings. The zero-order valence-electron chi connectivity index (χ0n) is 15.0. The van der Waals surface area contributed by atoms with Crippen molar-refractivity contribution in [1.29, 1.82) is 0 Å². The number of nitrogens with zero attached hydrogens (tertiary/aromatic N) is 2. The molecule has 0 saturated carbocycles. The quantitative estimate of drug-likeness (QED) is 0.762. The third-order valence-corrected chi connectivity index (χ3v) is 5.04. The van der Waals surface area contributed by atoms with Crippen LogP contribution >= 0.6 is 0 Å². The fourth-order valence-electron chi connectivity index (χ4n) is 3.62. The summed E-state index contributed by atoms with van der Waals surface area (Å²) in [4.78, 5) is 20.5. The molecular weight excluding hydrogens is 324 g/mol. The first-order valence-corrected chi connectivity index (χ1v) is 9.05. The van der Waals surface area contributed by atoms with Gasteiger partial charge in [-0.05, 0) is 30.1 Å². The van der Waals surface area contributed by atoms with Gasteiger partial charge in [0.15, 0.2) is 0 Å². The van der Waals surface area contributed by atoms with Crippen molar-refractivity contribution in [2.75, 3.05) is 26.7 Å². The van der Waals surface area contributed by atoms with Gasteiger partial charge in [-0.2, -0.15) is 0 Å². The number of fused-ring (bicyclic) bond motifs is 1. The second-order valence-electron chi connectivity index (χ2n) is 6.92. The number of benzene rings is 2. The van der Waals surface area contributed by atoms with E-state index in [0.29, 0.717) is 6.54 Å². The Morgan fingerprint density at radius 3 is 2.69 bits per heavy atom. The summed E-state index contributed by atoms with van der Waals surface area (Å²) in [7, 11) is 2.11. The van der Waals surface area contributed by atoms with Gasteiger partial charge in [-0.1, -0.05) is 48.5 Å². The van der Waals surface area contributed by atoms with Gasteiger partial charge in [0.1, 0.15) is 0 Å². The lowest BCUT2D eigenvalue weighted by Crippen LogP contribution is -2.52. The summed E-state index contributed by atoms with van der Waals surface area (Å²) in [6.07, 6.45) is 0. The molecule has 1 aliphatic rings. The monoisotopic (exact) mass is 348 g/mol. The van der Waals surface area contributed by atoms with E-state index in [4.69, 9.17) is 0 Å². The van der Waals surface area contributed by atoms with Gasteiger partial charge in [0, 0.05) is 30.8 Å². The minimum absolute atomic E-state index is 0.00870. The fourth-order valence-corrected chi connectivity index (χ4v) is 3.62. The van der Waals surface area contributed by atoms with E-state index in [1.54, 1.807) is 0 Å². The largest absolute Gasteiger partial charge is 0.357 e. The second kappa shape index (κ2) is 7.22. The van der Waals surface area contributed by atoms with Crippen LogP contribution in [0.2, 0.25) is 0 Å². The maximum absolute atomic E-state index is 12.9. The Balaban J connectivity index is 1.46. The highest BCUT2D eigenvalue weighted by Gasteiger charge is 2.30. The van der Waals surface area contributed by atoms with Crippen LogP contribution in [0.1, 0.15) is 17.3 Å². The highest BCUT2D eigenvalue weighted by atomic mass is 16.2. The summed E-state index contributed by atoms with van der Waals surface area (Å²) in [6, 6.07) is 20.6. The zero-order valence-corrected chi connectivity index (χ0v) is 15.0. The zero-order chi connectivity index (χ0) is 17.9. The Bertz CT molecular complexity index is 856. The topological polar surface area (TPSA) is 51.4 Å². The molecule has 0 radical (unpaired) electrons. The molecule has 134 valence electrons. The van der Waals surface area contributed by atoms with E-state index < -0.39 is 0 Å². The van der Waals surface area contributed by atoms with Crippen molar-refractivity contribution in [3.63, 3.8) is 0 Å². The number of carbonyl (C=O) groups is 1. The number of urea groups is 1. The van der Waals surface area contributed by atoms with Crippen LogP contribution in [0, 0.1) is 0 Å². The van der Waals surface area contributed by atoms with Crippen LogP contribution in [0.15, 0.2) is 60.7 Å². The van der Waals surface area contributed by atoms with Crippen LogP contribution in [0.4, 0.5) is 4.79 Å². The van der Waals surface area contributed by atoms with Crippen molar-refractivity contribution < 1.29 is 4.79 Å².